The Labute approximate surface area is 123 Å². The minimum atomic E-state index is -0.133. The monoisotopic (exact) mass is 285 g/mol. The number of halogens is 1. The van der Waals surface area contributed by atoms with Gasteiger partial charge in [-0.1, -0.05) is 24.3 Å². The molecule has 0 saturated carbocycles. The Morgan fingerprint density at radius 2 is 2.05 bits per heavy atom. The fourth-order valence-corrected chi connectivity index (χ4v) is 2.59. The number of pyridine rings is 1. The highest BCUT2D eigenvalue weighted by Crippen LogP contribution is 2.25. The number of nitrogens with zero attached hydrogens (tertiary/aromatic N) is 3. The fraction of sp³-hybridized carbons (Fsp3) is 0.250. The zero-order valence-electron chi connectivity index (χ0n) is 11.5. The van der Waals surface area contributed by atoms with Gasteiger partial charge in [0.1, 0.15) is 11.3 Å². The lowest BCUT2D eigenvalue weighted by atomic mass is 10.1. The van der Waals surface area contributed by atoms with Crippen LogP contribution < -0.4 is 0 Å². The van der Waals surface area contributed by atoms with E-state index in [0.29, 0.717) is 0 Å². The molecule has 102 valence electrons. The van der Waals surface area contributed by atoms with E-state index in [2.05, 4.69) is 45.7 Å². The largest absolute Gasteiger partial charge is 0.322 e. The van der Waals surface area contributed by atoms with Crippen LogP contribution in [0.25, 0.3) is 11.0 Å². The van der Waals surface area contributed by atoms with E-state index in [1.54, 1.807) is 12.4 Å². The molecule has 0 bridgehead atoms. The number of benzene rings is 1. The summed E-state index contributed by atoms with van der Waals surface area (Å²) in [4.78, 5) is 8.74. The van der Waals surface area contributed by atoms with Crippen molar-refractivity contribution in [2.45, 2.75) is 25.8 Å². The third-order valence-corrected chi connectivity index (χ3v) is 3.72. The standard InChI is InChI=1S/C16H16ClN3/c1-11-5-3-4-6-13(11)10-20-15-7-8-18-9-14(15)19-16(20)12(2)17/h3-9,12H,10H2,1-2H3. The van der Waals surface area contributed by atoms with Crippen LogP contribution in [0.15, 0.2) is 42.7 Å². The number of aryl methyl sites for hydroxylation is 1. The molecule has 0 amide bonds. The first-order chi connectivity index (χ1) is 9.66. The Balaban J connectivity index is 2.14. The second-order valence-electron chi connectivity index (χ2n) is 4.96. The van der Waals surface area contributed by atoms with Gasteiger partial charge in [0.15, 0.2) is 0 Å². The number of rotatable bonds is 3. The van der Waals surface area contributed by atoms with Crippen LogP contribution in [0.4, 0.5) is 0 Å². The summed E-state index contributed by atoms with van der Waals surface area (Å²) in [7, 11) is 0. The van der Waals surface area contributed by atoms with Crippen LogP contribution in [0.2, 0.25) is 0 Å². The van der Waals surface area contributed by atoms with Gasteiger partial charge in [0.2, 0.25) is 0 Å². The molecule has 2 heterocycles. The smallest absolute Gasteiger partial charge is 0.128 e. The van der Waals surface area contributed by atoms with Gasteiger partial charge in [0, 0.05) is 12.7 Å². The van der Waals surface area contributed by atoms with Crippen molar-refractivity contribution in [2.75, 3.05) is 0 Å². The highest BCUT2D eigenvalue weighted by molar-refractivity contribution is 6.20. The number of imidazole rings is 1. The second-order valence-corrected chi connectivity index (χ2v) is 5.62. The molecule has 0 aliphatic heterocycles. The lowest BCUT2D eigenvalue weighted by Crippen LogP contribution is -2.06. The van der Waals surface area contributed by atoms with Gasteiger partial charge in [-0.2, -0.15) is 0 Å². The molecule has 3 rings (SSSR count). The molecule has 20 heavy (non-hydrogen) atoms. The lowest BCUT2D eigenvalue weighted by Gasteiger charge is -2.12. The zero-order chi connectivity index (χ0) is 14.1. The van der Waals surface area contributed by atoms with Crippen molar-refractivity contribution in [1.29, 1.82) is 0 Å². The number of alkyl halides is 1. The van der Waals surface area contributed by atoms with Gasteiger partial charge in [-0.05, 0) is 31.0 Å². The first kappa shape index (κ1) is 13.1. The molecule has 3 nitrogen and oxygen atoms in total. The van der Waals surface area contributed by atoms with Gasteiger partial charge in [-0.3, -0.25) is 4.98 Å². The maximum atomic E-state index is 6.28. The van der Waals surface area contributed by atoms with Crippen molar-refractivity contribution in [3.05, 3.63) is 59.7 Å². The third-order valence-electron chi connectivity index (χ3n) is 3.53. The predicted molar refractivity (Wildman–Crippen MR) is 82.1 cm³/mol. The van der Waals surface area contributed by atoms with E-state index in [0.717, 1.165) is 23.4 Å². The summed E-state index contributed by atoms with van der Waals surface area (Å²) in [5, 5.41) is -0.133. The van der Waals surface area contributed by atoms with Crippen LogP contribution in [-0.4, -0.2) is 14.5 Å². The summed E-state index contributed by atoms with van der Waals surface area (Å²) < 4.78 is 2.18. The predicted octanol–water partition coefficient (Wildman–Crippen LogP) is 4.09. The Bertz CT molecular complexity index is 746. The van der Waals surface area contributed by atoms with E-state index in [9.17, 15) is 0 Å². The molecule has 3 aromatic rings. The van der Waals surface area contributed by atoms with Crippen molar-refractivity contribution in [2.24, 2.45) is 0 Å². The van der Waals surface area contributed by atoms with Crippen LogP contribution >= 0.6 is 11.6 Å². The molecule has 2 aromatic heterocycles. The minimum Gasteiger partial charge on any atom is -0.322 e. The summed E-state index contributed by atoms with van der Waals surface area (Å²) in [6.07, 6.45) is 3.58. The van der Waals surface area contributed by atoms with Crippen molar-refractivity contribution in [3.63, 3.8) is 0 Å². The zero-order valence-corrected chi connectivity index (χ0v) is 12.3. The van der Waals surface area contributed by atoms with Crippen LogP contribution in [0.3, 0.4) is 0 Å². The molecule has 0 aliphatic carbocycles. The average molecular weight is 286 g/mol. The molecular weight excluding hydrogens is 270 g/mol. The maximum absolute atomic E-state index is 6.28. The summed E-state index contributed by atoms with van der Waals surface area (Å²) >= 11 is 6.28. The molecule has 0 spiro atoms. The molecular formula is C16H16ClN3. The normalized spacial score (nSPS) is 12.8. The molecule has 0 N–H and O–H groups in total. The average Bonchev–Trinajstić information content (AvgIpc) is 2.81. The SMILES string of the molecule is Cc1ccccc1Cn1c(C(C)Cl)nc2cnccc21. The number of fused-ring (bicyclic) bond motifs is 1. The van der Waals surface area contributed by atoms with Gasteiger partial charge >= 0.3 is 0 Å². The Morgan fingerprint density at radius 3 is 2.80 bits per heavy atom. The van der Waals surface area contributed by atoms with E-state index in [1.807, 2.05) is 13.0 Å². The van der Waals surface area contributed by atoms with Gasteiger partial charge < -0.3 is 4.57 Å². The first-order valence-electron chi connectivity index (χ1n) is 6.65. The third kappa shape index (κ3) is 2.29. The Hall–Kier alpha value is -1.87. The van der Waals surface area contributed by atoms with Gasteiger partial charge in [0.25, 0.3) is 0 Å². The topological polar surface area (TPSA) is 30.7 Å². The molecule has 1 atom stereocenters. The van der Waals surface area contributed by atoms with Crippen LogP contribution in [0.5, 0.6) is 0 Å². The minimum absolute atomic E-state index is 0.133. The van der Waals surface area contributed by atoms with Gasteiger partial charge in [0.05, 0.1) is 17.1 Å². The molecule has 0 aliphatic rings. The summed E-state index contributed by atoms with van der Waals surface area (Å²) in [5.74, 6) is 0.887. The number of hydrogen-bond acceptors (Lipinski definition) is 2. The molecule has 0 saturated heterocycles. The molecule has 1 unspecified atom stereocenters. The number of hydrogen-bond donors (Lipinski definition) is 0. The van der Waals surface area contributed by atoms with Crippen molar-refractivity contribution < 1.29 is 0 Å². The fourth-order valence-electron chi connectivity index (χ4n) is 2.43. The van der Waals surface area contributed by atoms with Gasteiger partial charge in [-0.25, -0.2) is 4.98 Å². The van der Waals surface area contributed by atoms with E-state index >= 15 is 0 Å². The first-order valence-corrected chi connectivity index (χ1v) is 7.09. The van der Waals surface area contributed by atoms with Crippen LogP contribution in [-0.2, 0) is 6.54 Å². The quantitative estimate of drug-likeness (QED) is 0.679. The molecule has 0 radical (unpaired) electrons. The lowest BCUT2D eigenvalue weighted by molar-refractivity contribution is 0.739. The summed E-state index contributed by atoms with van der Waals surface area (Å²) in [6, 6.07) is 10.4. The molecule has 1 aromatic carbocycles. The Kier molecular flexibility index (Phi) is 3.45. The van der Waals surface area contributed by atoms with Gasteiger partial charge in [-0.15, -0.1) is 11.6 Å². The number of aromatic nitrogens is 3. The Morgan fingerprint density at radius 1 is 1.25 bits per heavy atom. The highest BCUT2D eigenvalue weighted by atomic mass is 35.5. The van der Waals surface area contributed by atoms with E-state index in [4.69, 9.17) is 11.6 Å². The molecule has 4 heteroatoms. The second kappa shape index (κ2) is 5.25. The van der Waals surface area contributed by atoms with Crippen molar-refractivity contribution in [3.8, 4) is 0 Å². The van der Waals surface area contributed by atoms with Crippen LogP contribution in [0, 0.1) is 6.92 Å². The van der Waals surface area contributed by atoms with E-state index in [-0.39, 0.29) is 5.38 Å². The summed E-state index contributed by atoms with van der Waals surface area (Å²) in [6.45, 7) is 4.85. The molecule has 0 fully saturated rings. The summed E-state index contributed by atoms with van der Waals surface area (Å²) in [5.41, 5.74) is 4.52. The van der Waals surface area contributed by atoms with E-state index < -0.39 is 0 Å². The van der Waals surface area contributed by atoms with E-state index in [1.165, 1.54) is 11.1 Å². The van der Waals surface area contributed by atoms with Crippen molar-refractivity contribution in [1.82, 2.24) is 14.5 Å². The van der Waals surface area contributed by atoms with Crippen LogP contribution in [0.1, 0.15) is 29.3 Å². The van der Waals surface area contributed by atoms with Crippen molar-refractivity contribution >= 4 is 22.6 Å². The highest BCUT2D eigenvalue weighted by Gasteiger charge is 2.15. The maximum Gasteiger partial charge on any atom is 0.128 e.